The summed E-state index contributed by atoms with van der Waals surface area (Å²) in [7, 11) is 3.45. The molecule has 6 nitrogen and oxygen atoms in total. The van der Waals surface area contributed by atoms with Crippen LogP contribution in [0.2, 0.25) is 0 Å². The van der Waals surface area contributed by atoms with E-state index in [2.05, 4.69) is 21.9 Å². The van der Waals surface area contributed by atoms with Crippen molar-refractivity contribution in [1.29, 1.82) is 0 Å². The number of rotatable bonds is 6. The topological polar surface area (TPSA) is 59.7 Å². The number of hydrogen-bond donors (Lipinski definition) is 0. The van der Waals surface area contributed by atoms with Gasteiger partial charge in [-0.25, -0.2) is 9.78 Å². The summed E-state index contributed by atoms with van der Waals surface area (Å²) in [4.78, 5) is 22.4. The molecule has 3 heterocycles. The third-order valence-electron chi connectivity index (χ3n) is 3.98. The maximum Gasteiger partial charge on any atom is 0.356 e. The van der Waals surface area contributed by atoms with Crippen molar-refractivity contribution in [3.05, 3.63) is 65.9 Å². The van der Waals surface area contributed by atoms with Gasteiger partial charge in [0.05, 0.1) is 13.3 Å². The zero-order chi connectivity index (χ0) is 16.9. The van der Waals surface area contributed by atoms with Crippen molar-refractivity contribution in [2.45, 2.75) is 13.0 Å². The molecule has 0 aliphatic rings. The lowest BCUT2D eigenvalue weighted by Crippen LogP contribution is -2.21. The Kier molecular flexibility index (Phi) is 4.86. The molecule has 0 aliphatic carbocycles. The van der Waals surface area contributed by atoms with Gasteiger partial charge in [-0.05, 0) is 37.2 Å². The number of imidazole rings is 1. The van der Waals surface area contributed by atoms with E-state index in [9.17, 15) is 4.79 Å². The Labute approximate surface area is 140 Å². The zero-order valence-corrected chi connectivity index (χ0v) is 13.8. The minimum atomic E-state index is -0.384. The second kappa shape index (κ2) is 7.23. The van der Waals surface area contributed by atoms with Crippen LogP contribution in [0.25, 0.3) is 5.65 Å². The highest BCUT2D eigenvalue weighted by Gasteiger charge is 2.14. The van der Waals surface area contributed by atoms with Crippen molar-refractivity contribution in [3.63, 3.8) is 0 Å². The second-order valence-corrected chi connectivity index (χ2v) is 5.71. The van der Waals surface area contributed by atoms with E-state index < -0.39 is 0 Å². The smallest absolute Gasteiger partial charge is 0.356 e. The first-order valence-corrected chi connectivity index (χ1v) is 7.79. The summed E-state index contributed by atoms with van der Waals surface area (Å²) in [6.45, 7) is 1.68. The lowest BCUT2D eigenvalue weighted by atomic mass is 10.2. The monoisotopic (exact) mass is 324 g/mol. The van der Waals surface area contributed by atoms with Crippen LogP contribution in [0.3, 0.4) is 0 Å². The van der Waals surface area contributed by atoms with Gasteiger partial charge in [-0.1, -0.05) is 6.07 Å². The molecule has 3 aromatic rings. The van der Waals surface area contributed by atoms with Crippen LogP contribution in [-0.2, 0) is 17.7 Å². The molecule has 6 heteroatoms. The summed E-state index contributed by atoms with van der Waals surface area (Å²) in [5.74, 6) is -0.384. The normalized spacial score (nSPS) is 11.1. The van der Waals surface area contributed by atoms with Crippen LogP contribution in [0.5, 0.6) is 0 Å². The molecule has 0 fully saturated rings. The van der Waals surface area contributed by atoms with E-state index >= 15 is 0 Å². The van der Waals surface area contributed by atoms with Crippen molar-refractivity contribution in [1.82, 2.24) is 19.3 Å². The van der Waals surface area contributed by atoms with E-state index in [-0.39, 0.29) is 5.97 Å². The Balaban J connectivity index is 1.73. The van der Waals surface area contributed by atoms with Gasteiger partial charge >= 0.3 is 5.97 Å². The van der Waals surface area contributed by atoms with Crippen LogP contribution >= 0.6 is 0 Å². The van der Waals surface area contributed by atoms with E-state index in [0.717, 1.165) is 30.7 Å². The van der Waals surface area contributed by atoms with Crippen molar-refractivity contribution in [2.24, 2.45) is 0 Å². The van der Waals surface area contributed by atoms with E-state index in [1.54, 1.807) is 10.6 Å². The van der Waals surface area contributed by atoms with Gasteiger partial charge < -0.3 is 9.64 Å². The Morgan fingerprint density at radius 2 is 2.08 bits per heavy atom. The fraction of sp³-hybridized carbons (Fsp3) is 0.278. The molecule has 24 heavy (non-hydrogen) atoms. The van der Waals surface area contributed by atoms with E-state index in [1.165, 1.54) is 12.7 Å². The molecule has 3 aromatic heterocycles. The Bertz CT molecular complexity index is 829. The van der Waals surface area contributed by atoms with Crippen LogP contribution in [0, 0.1) is 0 Å². The predicted molar refractivity (Wildman–Crippen MR) is 90.8 cm³/mol. The maximum atomic E-state index is 11.8. The largest absolute Gasteiger partial charge is 0.464 e. The summed E-state index contributed by atoms with van der Waals surface area (Å²) < 4.78 is 6.57. The van der Waals surface area contributed by atoms with Gasteiger partial charge in [-0.2, -0.15) is 0 Å². The van der Waals surface area contributed by atoms with Crippen LogP contribution in [-0.4, -0.2) is 45.9 Å². The molecule has 124 valence electrons. The van der Waals surface area contributed by atoms with Crippen molar-refractivity contribution in [3.8, 4) is 0 Å². The summed E-state index contributed by atoms with van der Waals surface area (Å²) in [5.41, 5.74) is 3.57. The number of carbonyl (C=O) groups excluding carboxylic acids is 1. The van der Waals surface area contributed by atoms with Gasteiger partial charge in [0.1, 0.15) is 5.65 Å². The molecule has 0 atom stereocenters. The third-order valence-corrected chi connectivity index (χ3v) is 3.98. The first-order chi connectivity index (χ1) is 11.7. The van der Waals surface area contributed by atoms with Gasteiger partial charge in [0.2, 0.25) is 0 Å². The summed E-state index contributed by atoms with van der Waals surface area (Å²) in [6, 6.07) is 8.02. The number of nitrogens with zero attached hydrogens (tertiary/aromatic N) is 4. The van der Waals surface area contributed by atoms with Crippen LogP contribution < -0.4 is 0 Å². The van der Waals surface area contributed by atoms with Crippen molar-refractivity contribution in [2.75, 3.05) is 20.7 Å². The molecule has 0 spiro atoms. The minimum Gasteiger partial charge on any atom is -0.464 e. The number of likely N-dealkylation sites (N-methyl/N-ethyl adjacent to an activating group) is 1. The first kappa shape index (κ1) is 16.1. The molecule has 0 saturated carbocycles. The van der Waals surface area contributed by atoms with Gasteiger partial charge in [0.25, 0.3) is 0 Å². The number of pyridine rings is 2. The highest BCUT2D eigenvalue weighted by molar-refractivity contribution is 5.88. The van der Waals surface area contributed by atoms with Gasteiger partial charge in [-0.3, -0.25) is 9.38 Å². The molecule has 0 radical (unpaired) electrons. The third kappa shape index (κ3) is 3.44. The first-order valence-electron chi connectivity index (χ1n) is 7.79. The van der Waals surface area contributed by atoms with Crippen molar-refractivity contribution >= 4 is 11.6 Å². The average Bonchev–Trinajstić information content (AvgIpc) is 3.05. The predicted octanol–water partition coefficient (Wildman–Crippen LogP) is 2.19. The number of methoxy groups -OCH3 is 1. The summed E-state index contributed by atoms with van der Waals surface area (Å²) in [6.07, 6.45) is 7.98. The fourth-order valence-corrected chi connectivity index (χ4v) is 2.69. The standard InChI is InChI=1S/C18H20N4O2/c1-21(11-7-14-5-8-19-9-6-14)13-15-4-3-10-22-16(18(23)24-2)12-20-17(15)22/h3-6,8-10,12H,7,11,13H2,1-2H3. The number of aromatic nitrogens is 3. The molecule has 0 amide bonds. The molecule has 0 N–H and O–H groups in total. The lowest BCUT2D eigenvalue weighted by Gasteiger charge is -2.17. The number of hydrogen-bond acceptors (Lipinski definition) is 5. The Hall–Kier alpha value is -2.73. The lowest BCUT2D eigenvalue weighted by molar-refractivity contribution is 0.0593. The average molecular weight is 324 g/mol. The second-order valence-electron chi connectivity index (χ2n) is 5.71. The Morgan fingerprint density at radius 1 is 1.29 bits per heavy atom. The molecule has 0 aromatic carbocycles. The minimum absolute atomic E-state index is 0.384. The molecule has 3 rings (SSSR count). The molecule has 0 unspecified atom stereocenters. The van der Waals surface area contributed by atoms with Gasteiger partial charge in [-0.15, -0.1) is 0 Å². The zero-order valence-electron chi connectivity index (χ0n) is 13.8. The quantitative estimate of drug-likeness (QED) is 0.651. The maximum absolute atomic E-state index is 11.8. The number of carbonyl (C=O) groups is 1. The molecule has 0 saturated heterocycles. The SMILES string of the molecule is COC(=O)c1cnc2c(CN(C)CCc3ccncc3)cccn12. The summed E-state index contributed by atoms with van der Waals surface area (Å²) in [5, 5.41) is 0. The highest BCUT2D eigenvalue weighted by atomic mass is 16.5. The number of fused-ring (bicyclic) bond motifs is 1. The molecule has 0 aliphatic heterocycles. The molecular formula is C18H20N4O2. The summed E-state index contributed by atoms with van der Waals surface area (Å²) >= 11 is 0. The number of esters is 1. The van der Waals surface area contributed by atoms with Gasteiger partial charge in [0, 0.05) is 37.2 Å². The van der Waals surface area contributed by atoms with E-state index in [4.69, 9.17) is 4.74 Å². The van der Waals surface area contributed by atoms with E-state index in [1.807, 2.05) is 42.9 Å². The highest BCUT2D eigenvalue weighted by Crippen LogP contribution is 2.15. The van der Waals surface area contributed by atoms with Crippen molar-refractivity contribution < 1.29 is 9.53 Å². The molecule has 0 bridgehead atoms. The van der Waals surface area contributed by atoms with Crippen LogP contribution in [0.15, 0.2) is 49.1 Å². The van der Waals surface area contributed by atoms with Gasteiger partial charge in [0.15, 0.2) is 5.69 Å². The number of ether oxygens (including phenoxy) is 1. The Morgan fingerprint density at radius 3 is 2.83 bits per heavy atom. The van der Waals surface area contributed by atoms with E-state index in [0.29, 0.717) is 5.69 Å². The fourth-order valence-electron chi connectivity index (χ4n) is 2.69. The van der Waals surface area contributed by atoms with Crippen LogP contribution in [0.4, 0.5) is 0 Å². The van der Waals surface area contributed by atoms with Crippen LogP contribution in [0.1, 0.15) is 21.6 Å². The molecular weight excluding hydrogens is 304 g/mol.